The predicted molar refractivity (Wildman–Crippen MR) is 124 cm³/mol. The van der Waals surface area contributed by atoms with Crippen molar-refractivity contribution in [2.45, 2.75) is 31.5 Å². The molecule has 2 aromatic carbocycles. The highest BCUT2D eigenvalue weighted by Gasteiger charge is 2.32. The van der Waals surface area contributed by atoms with Gasteiger partial charge in [-0.25, -0.2) is 8.42 Å². The lowest BCUT2D eigenvalue weighted by Crippen LogP contribution is -2.35. The number of H-pyrrole nitrogens is 1. The Morgan fingerprint density at radius 2 is 1.74 bits per heavy atom. The average molecular weight is 509 g/mol. The molecule has 0 spiro atoms. The van der Waals surface area contributed by atoms with E-state index >= 15 is 0 Å². The number of pyridine rings is 1. The maximum atomic E-state index is 13.5. The third kappa shape index (κ3) is 6.10. The van der Waals surface area contributed by atoms with Crippen molar-refractivity contribution in [2.24, 2.45) is 0 Å². The van der Waals surface area contributed by atoms with Crippen LogP contribution in [0.15, 0.2) is 64.3 Å². The molecule has 1 heterocycles. The topological polar surface area (TPSA) is 96.5 Å². The number of nitrogens with one attached hydrogen (secondary N) is 1. The number of sulfone groups is 1. The van der Waals surface area contributed by atoms with Crippen molar-refractivity contribution in [1.29, 1.82) is 0 Å². The Balaban J connectivity index is 2.11. The minimum absolute atomic E-state index is 0.0505. The van der Waals surface area contributed by atoms with Gasteiger partial charge in [-0.2, -0.15) is 13.2 Å². The Morgan fingerprint density at radius 3 is 2.31 bits per heavy atom. The zero-order chi connectivity index (χ0) is 26.0. The Morgan fingerprint density at radius 1 is 1.09 bits per heavy atom. The van der Waals surface area contributed by atoms with Gasteiger partial charge >= 0.3 is 6.18 Å². The third-order valence-electron chi connectivity index (χ3n) is 5.14. The summed E-state index contributed by atoms with van der Waals surface area (Å²) >= 11 is 0. The quantitative estimate of drug-likeness (QED) is 0.512. The number of anilines is 1. The highest BCUT2D eigenvalue weighted by atomic mass is 32.2. The lowest BCUT2D eigenvalue weighted by atomic mass is 10.1. The highest BCUT2D eigenvalue weighted by molar-refractivity contribution is 7.90. The summed E-state index contributed by atoms with van der Waals surface area (Å²) < 4.78 is 69.0. The molecule has 0 atom stereocenters. The summed E-state index contributed by atoms with van der Waals surface area (Å²) in [5, 5.41) is 0. The molecule has 0 unspecified atom stereocenters. The van der Waals surface area contributed by atoms with Crippen LogP contribution in [0, 0.1) is 6.92 Å². The van der Waals surface area contributed by atoms with Crippen LogP contribution in [0.3, 0.4) is 0 Å². The fourth-order valence-corrected chi connectivity index (χ4v) is 4.00. The number of carbonyl (C=O) groups is 1. The van der Waals surface area contributed by atoms with Crippen LogP contribution < -0.4 is 15.2 Å². The van der Waals surface area contributed by atoms with E-state index in [9.17, 15) is 31.2 Å². The second-order valence-electron chi connectivity index (χ2n) is 7.79. The smallest absolute Gasteiger partial charge is 0.416 e. The largest absolute Gasteiger partial charge is 0.492 e. The molecule has 0 bridgehead atoms. The van der Waals surface area contributed by atoms with Gasteiger partial charge in [-0.3, -0.25) is 9.59 Å². The zero-order valence-corrected chi connectivity index (χ0v) is 20.0. The van der Waals surface area contributed by atoms with Crippen molar-refractivity contribution in [2.75, 3.05) is 17.8 Å². The summed E-state index contributed by atoms with van der Waals surface area (Å²) in [5.41, 5.74) is -1.25. The van der Waals surface area contributed by atoms with Crippen molar-refractivity contribution >= 4 is 21.4 Å². The first kappa shape index (κ1) is 26.0. The van der Waals surface area contributed by atoms with Crippen LogP contribution >= 0.6 is 0 Å². The van der Waals surface area contributed by atoms with Crippen LogP contribution in [0.5, 0.6) is 5.75 Å². The molecular weight excluding hydrogens is 485 g/mol. The van der Waals surface area contributed by atoms with Crippen LogP contribution in [0.1, 0.15) is 34.1 Å². The predicted octanol–water partition coefficient (Wildman–Crippen LogP) is 4.35. The SMILES string of the molecule is CCOc1cc(C(=O)N(Cc2ccc(S(C)(=O)=O)cc2)c2cccc(C(F)(F)F)c2)c(=O)[nH]c1C. The summed E-state index contributed by atoms with van der Waals surface area (Å²) in [6.07, 6.45) is -3.61. The molecule has 1 N–H and O–H groups in total. The Bertz CT molecular complexity index is 1400. The summed E-state index contributed by atoms with van der Waals surface area (Å²) in [4.78, 5) is 29.7. The van der Waals surface area contributed by atoms with Gasteiger partial charge in [0, 0.05) is 18.0 Å². The molecule has 7 nitrogen and oxygen atoms in total. The van der Waals surface area contributed by atoms with Gasteiger partial charge in [-0.1, -0.05) is 18.2 Å². The van der Waals surface area contributed by atoms with Gasteiger partial charge in [-0.15, -0.1) is 0 Å². The Labute approximate surface area is 200 Å². The van der Waals surface area contributed by atoms with Crippen LogP contribution in [0.2, 0.25) is 0 Å². The van der Waals surface area contributed by atoms with Crippen LogP contribution in [-0.2, 0) is 22.6 Å². The molecule has 1 amide bonds. The van der Waals surface area contributed by atoms with E-state index in [-0.39, 0.29) is 35.0 Å². The lowest BCUT2D eigenvalue weighted by molar-refractivity contribution is -0.137. The van der Waals surface area contributed by atoms with Gasteiger partial charge < -0.3 is 14.6 Å². The molecule has 1 aromatic heterocycles. The van der Waals surface area contributed by atoms with E-state index in [1.807, 2.05) is 0 Å². The molecule has 0 saturated heterocycles. The molecular formula is C24H23F3N2O5S. The number of halogens is 3. The summed E-state index contributed by atoms with van der Waals surface area (Å²) in [7, 11) is -3.47. The Kier molecular flexibility index (Phi) is 7.39. The fraction of sp³-hybridized carbons (Fsp3) is 0.250. The van der Waals surface area contributed by atoms with Gasteiger partial charge in [-0.05, 0) is 49.7 Å². The summed E-state index contributed by atoms with van der Waals surface area (Å²) in [6, 6.07) is 11.0. The first-order chi connectivity index (χ1) is 16.3. The van der Waals surface area contributed by atoms with Crippen molar-refractivity contribution in [3.63, 3.8) is 0 Å². The number of aromatic nitrogens is 1. The molecule has 11 heteroatoms. The number of aryl methyl sites for hydroxylation is 1. The van der Waals surface area contributed by atoms with E-state index in [0.29, 0.717) is 11.3 Å². The molecule has 0 radical (unpaired) electrons. The molecule has 35 heavy (non-hydrogen) atoms. The number of hydrogen-bond donors (Lipinski definition) is 1. The number of aromatic amines is 1. The van der Waals surface area contributed by atoms with E-state index in [4.69, 9.17) is 4.74 Å². The summed E-state index contributed by atoms with van der Waals surface area (Å²) in [6.45, 7) is 3.36. The van der Waals surface area contributed by atoms with Crippen molar-refractivity contribution in [1.82, 2.24) is 4.98 Å². The number of amides is 1. The van der Waals surface area contributed by atoms with Gasteiger partial charge in [0.15, 0.2) is 9.84 Å². The molecule has 3 aromatic rings. The van der Waals surface area contributed by atoms with E-state index in [1.54, 1.807) is 13.8 Å². The average Bonchev–Trinajstić information content (AvgIpc) is 2.78. The molecule has 186 valence electrons. The highest BCUT2D eigenvalue weighted by Crippen LogP contribution is 2.32. The second-order valence-corrected chi connectivity index (χ2v) is 9.81. The van der Waals surface area contributed by atoms with Crippen LogP contribution in [0.25, 0.3) is 0 Å². The standard InChI is InChI=1S/C24H23F3N2O5S/c1-4-34-21-13-20(22(30)28-15(21)2)23(31)29(18-7-5-6-17(12-18)24(25,26)27)14-16-8-10-19(11-9-16)35(3,32)33/h5-13H,4,14H2,1-3H3,(H,28,30). The molecule has 0 aliphatic carbocycles. The Hall–Kier alpha value is -3.60. The maximum Gasteiger partial charge on any atom is 0.416 e. The van der Waals surface area contributed by atoms with E-state index in [0.717, 1.165) is 29.4 Å². The molecule has 0 aliphatic heterocycles. The number of alkyl halides is 3. The number of hydrogen-bond acceptors (Lipinski definition) is 5. The number of rotatable bonds is 7. The minimum Gasteiger partial charge on any atom is -0.492 e. The number of ether oxygens (including phenoxy) is 1. The monoisotopic (exact) mass is 508 g/mol. The van der Waals surface area contributed by atoms with Gasteiger partial charge in [0.1, 0.15) is 11.3 Å². The molecule has 0 fully saturated rings. The van der Waals surface area contributed by atoms with Gasteiger partial charge in [0.2, 0.25) is 0 Å². The third-order valence-corrected chi connectivity index (χ3v) is 6.27. The molecule has 0 aliphatic rings. The lowest BCUT2D eigenvalue weighted by Gasteiger charge is -2.24. The zero-order valence-electron chi connectivity index (χ0n) is 19.1. The maximum absolute atomic E-state index is 13.5. The van der Waals surface area contributed by atoms with Crippen molar-refractivity contribution in [3.8, 4) is 5.75 Å². The molecule has 0 saturated carbocycles. The number of benzene rings is 2. The number of carbonyl (C=O) groups excluding carboxylic acids is 1. The fourth-order valence-electron chi connectivity index (χ4n) is 3.37. The van der Waals surface area contributed by atoms with Crippen molar-refractivity contribution < 1.29 is 31.1 Å². The summed E-state index contributed by atoms with van der Waals surface area (Å²) in [5.74, 6) is -0.587. The molecule has 3 rings (SSSR count). The first-order valence-electron chi connectivity index (χ1n) is 10.5. The van der Waals surface area contributed by atoms with E-state index in [2.05, 4.69) is 4.98 Å². The first-order valence-corrected chi connectivity index (χ1v) is 12.3. The number of nitrogens with zero attached hydrogens (tertiary/aromatic N) is 1. The minimum atomic E-state index is -4.65. The van der Waals surface area contributed by atoms with E-state index < -0.39 is 33.0 Å². The van der Waals surface area contributed by atoms with Gasteiger partial charge in [0.05, 0.1) is 29.3 Å². The van der Waals surface area contributed by atoms with Crippen LogP contribution in [0.4, 0.5) is 18.9 Å². The van der Waals surface area contributed by atoms with Crippen LogP contribution in [-0.4, -0.2) is 32.2 Å². The van der Waals surface area contributed by atoms with Gasteiger partial charge in [0.25, 0.3) is 11.5 Å². The van der Waals surface area contributed by atoms with Crippen molar-refractivity contribution in [3.05, 3.63) is 87.3 Å². The normalized spacial score (nSPS) is 11.8. The van der Waals surface area contributed by atoms with E-state index in [1.165, 1.54) is 36.4 Å². The second kappa shape index (κ2) is 9.95.